The van der Waals surface area contributed by atoms with Crippen LogP contribution >= 0.6 is 0 Å². The van der Waals surface area contributed by atoms with Crippen molar-refractivity contribution in [3.8, 4) is 0 Å². The second kappa shape index (κ2) is 27.0. The van der Waals surface area contributed by atoms with Gasteiger partial charge < -0.3 is 34.3 Å². The Kier molecular flexibility index (Phi) is 25.3. The molecule has 0 amide bonds. The van der Waals surface area contributed by atoms with Crippen LogP contribution in [0.1, 0.15) is 142 Å². The zero-order valence-electron chi connectivity index (χ0n) is 28.4. The number of carbonyl (C=O) groups is 1. The summed E-state index contributed by atoms with van der Waals surface area (Å²) in [6.07, 6.45) is 13.2. The molecule has 1 heterocycles. The number of hydrogen-bond acceptors (Lipinski definition) is 11. The van der Waals surface area contributed by atoms with Crippen molar-refractivity contribution < 1.29 is 56.2 Å². The lowest BCUT2D eigenvalue weighted by molar-refractivity contribution is -0.301. The van der Waals surface area contributed by atoms with E-state index >= 15 is 0 Å². The smallest absolute Gasteiger partial charge is 0.397 e. The van der Waals surface area contributed by atoms with E-state index in [1.54, 1.807) is 0 Å². The Labute approximate surface area is 277 Å². The first-order chi connectivity index (χ1) is 22.1. The molecule has 0 aromatic rings. The normalized spacial score (nSPS) is 22.6. The van der Waals surface area contributed by atoms with Gasteiger partial charge in [0, 0.05) is 13.0 Å². The molecule has 274 valence electrons. The van der Waals surface area contributed by atoms with E-state index in [9.17, 15) is 28.5 Å². The Morgan fingerprint density at radius 2 is 1.24 bits per heavy atom. The standard InChI is InChI=1S/C33H64O12S/c1-3-5-7-9-11-12-13-14-15-16-17-18-20-22-29(35)43-27(25-41-23-21-19-10-8-6-4-2)26-42-33-31(37)32(45-46(38,39)40)30(36)28(24-34)44-33/h27-28,30-34,36-37H,3-26H2,1-2H3,(H,38,39,40). The van der Waals surface area contributed by atoms with Crippen molar-refractivity contribution in [2.75, 3.05) is 26.4 Å². The van der Waals surface area contributed by atoms with E-state index in [1.165, 1.54) is 77.0 Å². The predicted molar refractivity (Wildman–Crippen MR) is 175 cm³/mol. The molecule has 1 saturated heterocycles. The van der Waals surface area contributed by atoms with Crippen molar-refractivity contribution >= 4 is 16.4 Å². The molecule has 1 fully saturated rings. The van der Waals surface area contributed by atoms with Crippen molar-refractivity contribution in [3.05, 3.63) is 0 Å². The second-order valence-electron chi connectivity index (χ2n) is 12.5. The van der Waals surface area contributed by atoms with Gasteiger partial charge in [-0.3, -0.25) is 9.35 Å². The molecule has 6 atom stereocenters. The first-order valence-corrected chi connectivity index (χ1v) is 19.2. The summed E-state index contributed by atoms with van der Waals surface area (Å²) in [6, 6.07) is 0. The average molecular weight is 685 g/mol. The Hall–Kier alpha value is -0.900. The molecule has 0 aromatic heterocycles. The highest BCUT2D eigenvalue weighted by Gasteiger charge is 2.48. The fraction of sp³-hybridized carbons (Fsp3) is 0.970. The molecule has 6 unspecified atom stereocenters. The van der Waals surface area contributed by atoms with Crippen molar-refractivity contribution in [1.29, 1.82) is 0 Å². The average Bonchev–Trinajstić information content (AvgIpc) is 3.01. The van der Waals surface area contributed by atoms with Crippen LogP contribution in [-0.4, -0.2) is 97.5 Å². The highest BCUT2D eigenvalue weighted by molar-refractivity contribution is 7.80. The summed E-state index contributed by atoms with van der Waals surface area (Å²) in [5.41, 5.74) is 0. The molecule has 1 rings (SSSR count). The van der Waals surface area contributed by atoms with Gasteiger partial charge in [0.05, 0.1) is 19.8 Å². The van der Waals surface area contributed by atoms with Gasteiger partial charge in [0.1, 0.15) is 30.5 Å². The van der Waals surface area contributed by atoms with E-state index in [2.05, 4.69) is 18.0 Å². The predicted octanol–water partition coefficient (Wildman–Crippen LogP) is 5.40. The van der Waals surface area contributed by atoms with Gasteiger partial charge in [-0.05, 0) is 12.8 Å². The lowest BCUT2D eigenvalue weighted by Crippen LogP contribution is -2.60. The lowest BCUT2D eigenvalue weighted by Gasteiger charge is -2.41. The molecule has 46 heavy (non-hydrogen) atoms. The Balaban J connectivity index is 2.50. The summed E-state index contributed by atoms with van der Waals surface area (Å²) >= 11 is 0. The first-order valence-electron chi connectivity index (χ1n) is 17.8. The largest absolute Gasteiger partial charge is 0.457 e. The monoisotopic (exact) mass is 684 g/mol. The second-order valence-corrected chi connectivity index (χ2v) is 13.5. The lowest BCUT2D eigenvalue weighted by atomic mass is 9.99. The molecule has 0 aliphatic carbocycles. The zero-order valence-corrected chi connectivity index (χ0v) is 29.2. The van der Waals surface area contributed by atoms with Crippen molar-refractivity contribution in [1.82, 2.24) is 0 Å². The Morgan fingerprint density at radius 3 is 1.74 bits per heavy atom. The Bertz CT molecular complexity index is 842. The molecule has 13 heteroatoms. The van der Waals surface area contributed by atoms with Gasteiger partial charge in [-0.25, -0.2) is 4.18 Å². The van der Waals surface area contributed by atoms with Crippen molar-refractivity contribution in [3.63, 3.8) is 0 Å². The number of carbonyl (C=O) groups excluding carboxylic acids is 1. The van der Waals surface area contributed by atoms with Gasteiger partial charge in [0.25, 0.3) is 0 Å². The van der Waals surface area contributed by atoms with Gasteiger partial charge in [0.2, 0.25) is 0 Å². The molecular weight excluding hydrogens is 620 g/mol. The zero-order chi connectivity index (χ0) is 34.0. The molecular formula is C33H64O12S. The van der Waals surface area contributed by atoms with E-state index in [-0.39, 0.29) is 19.6 Å². The van der Waals surface area contributed by atoms with E-state index in [1.807, 2.05) is 0 Å². The third-order valence-electron chi connectivity index (χ3n) is 8.23. The third kappa shape index (κ3) is 21.1. The molecule has 0 bridgehead atoms. The van der Waals surface area contributed by atoms with Crippen LogP contribution in [0.2, 0.25) is 0 Å². The molecule has 0 radical (unpaired) electrons. The van der Waals surface area contributed by atoms with Gasteiger partial charge in [0.15, 0.2) is 6.29 Å². The van der Waals surface area contributed by atoms with Crippen LogP contribution in [0.4, 0.5) is 0 Å². The number of aliphatic hydroxyl groups is 3. The van der Waals surface area contributed by atoms with Crippen LogP contribution in [0, 0.1) is 0 Å². The van der Waals surface area contributed by atoms with Gasteiger partial charge >= 0.3 is 16.4 Å². The fourth-order valence-corrected chi connectivity index (χ4v) is 6.00. The topological polar surface area (TPSA) is 178 Å². The number of aliphatic hydroxyl groups excluding tert-OH is 3. The van der Waals surface area contributed by atoms with Gasteiger partial charge in [-0.1, -0.05) is 123 Å². The summed E-state index contributed by atoms with van der Waals surface area (Å²) in [5, 5.41) is 30.4. The Morgan fingerprint density at radius 1 is 0.739 bits per heavy atom. The van der Waals surface area contributed by atoms with Crippen molar-refractivity contribution in [2.24, 2.45) is 0 Å². The summed E-state index contributed by atoms with van der Waals surface area (Å²) < 4.78 is 58.4. The molecule has 0 aromatic carbocycles. The highest BCUT2D eigenvalue weighted by Crippen LogP contribution is 2.26. The summed E-state index contributed by atoms with van der Waals surface area (Å²) in [6.45, 7) is 3.91. The minimum atomic E-state index is -5.04. The molecule has 1 aliphatic heterocycles. The van der Waals surface area contributed by atoms with Crippen LogP contribution < -0.4 is 0 Å². The SMILES string of the molecule is CCCCCCCCCCCCCCCC(=O)OC(COCCCCCCCC)COC1OC(CO)C(O)C(OS(=O)(=O)O)C1O. The minimum absolute atomic E-state index is 0.0408. The number of rotatable bonds is 30. The molecule has 0 saturated carbocycles. The van der Waals surface area contributed by atoms with E-state index in [4.69, 9.17) is 23.5 Å². The molecule has 4 N–H and O–H groups in total. The maximum Gasteiger partial charge on any atom is 0.397 e. The summed E-state index contributed by atoms with van der Waals surface area (Å²) in [5.74, 6) is -0.402. The number of esters is 1. The van der Waals surface area contributed by atoms with Crippen LogP contribution in [0.5, 0.6) is 0 Å². The van der Waals surface area contributed by atoms with E-state index in [0.29, 0.717) is 13.0 Å². The van der Waals surface area contributed by atoms with E-state index < -0.39 is 59.8 Å². The fourth-order valence-electron chi connectivity index (χ4n) is 5.49. The number of hydrogen-bond donors (Lipinski definition) is 4. The minimum Gasteiger partial charge on any atom is -0.457 e. The summed E-state index contributed by atoms with van der Waals surface area (Å²) in [7, 11) is -5.04. The number of ether oxygens (including phenoxy) is 4. The summed E-state index contributed by atoms with van der Waals surface area (Å²) in [4.78, 5) is 12.7. The highest BCUT2D eigenvalue weighted by atomic mass is 32.3. The maximum atomic E-state index is 12.7. The van der Waals surface area contributed by atoms with Crippen LogP contribution in [0.3, 0.4) is 0 Å². The molecule has 0 spiro atoms. The molecule has 12 nitrogen and oxygen atoms in total. The van der Waals surface area contributed by atoms with Gasteiger partial charge in [-0.2, -0.15) is 8.42 Å². The van der Waals surface area contributed by atoms with Crippen molar-refractivity contribution in [2.45, 2.75) is 179 Å². The first kappa shape index (κ1) is 43.1. The quantitative estimate of drug-likeness (QED) is 0.0431. The van der Waals surface area contributed by atoms with E-state index in [0.717, 1.165) is 38.5 Å². The third-order valence-corrected chi connectivity index (χ3v) is 8.69. The maximum absolute atomic E-state index is 12.7. The molecule has 1 aliphatic rings. The van der Waals surface area contributed by atoms with Crippen LogP contribution in [0.25, 0.3) is 0 Å². The van der Waals surface area contributed by atoms with Crippen LogP contribution in [0.15, 0.2) is 0 Å². The number of unbranched alkanes of at least 4 members (excludes halogenated alkanes) is 17. The van der Waals surface area contributed by atoms with Gasteiger partial charge in [-0.15, -0.1) is 0 Å². The van der Waals surface area contributed by atoms with Crippen LogP contribution in [-0.2, 0) is 38.3 Å².